The Hall–Kier alpha value is -4.40. The van der Waals surface area contributed by atoms with E-state index in [1.165, 1.54) is 40.3 Å². The van der Waals surface area contributed by atoms with Crippen LogP contribution in [0.3, 0.4) is 0 Å². The van der Waals surface area contributed by atoms with Crippen molar-refractivity contribution in [3.63, 3.8) is 0 Å². The van der Waals surface area contributed by atoms with Gasteiger partial charge in [-0.25, -0.2) is 9.78 Å². The fraction of sp³-hybridized carbons (Fsp3) is 0.0714. The topological polar surface area (TPSA) is 94.6 Å². The van der Waals surface area contributed by atoms with Gasteiger partial charge in [0.25, 0.3) is 5.56 Å². The molecule has 0 aliphatic rings. The summed E-state index contributed by atoms with van der Waals surface area (Å²) in [5, 5.41) is 0.994. The number of amides is 1. The number of ether oxygens (including phenoxy) is 1. The van der Waals surface area contributed by atoms with E-state index in [4.69, 9.17) is 32.4 Å². The summed E-state index contributed by atoms with van der Waals surface area (Å²) in [4.78, 5) is 44.6. The Balaban J connectivity index is 1.38. The lowest BCUT2D eigenvalue weighted by Crippen LogP contribution is -2.36. The van der Waals surface area contributed by atoms with Crippen LogP contribution >= 0.6 is 23.2 Å². The molecule has 0 aliphatic heterocycles. The van der Waals surface area contributed by atoms with Gasteiger partial charge >= 0.3 is 5.97 Å². The Morgan fingerprint density at radius 1 is 0.947 bits per heavy atom. The third-order valence-electron chi connectivity index (χ3n) is 5.75. The second kappa shape index (κ2) is 10.9. The minimum Gasteiger partial charge on any atom is -0.467 e. The van der Waals surface area contributed by atoms with Crippen molar-refractivity contribution >= 4 is 51.7 Å². The van der Waals surface area contributed by atoms with E-state index in [1.54, 1.807) is 60.7 Å². The molecule has 5 rings (SSSR count). The first-order valence-corrected chi connectivity index (χ1v) is 12.2. The maximum Gasteiger partial charge on any atom is 0.343 e. The smallest absolute Gasteiger partial charge is 0.343 e. The molecule has 0 saturated carbocycles. The second-order valence-corrected chi connectivity index (χ2v) is 9.08. The van der Waals surface area contributed by atoms with E-state index in [9.17, 15) is 14.4 Å². The predicted molar refractivity (Wildman–Crippen MR) is 144 cm³/mol. The number of carbonyl (C=O) groups excluding carboxylic acids is 2. The molecule has 0 spiro atoms. The highest BCUT2D eigenvalue weighted by atomic mass is 35.5. The number of rotatable bonds is 7. The number of anilines is 1. The van der Waals surface area contributed by atoms with Crippen molar-refractivity contribution < 1.29 is 18.7 Å². The first-order chi connectivity index (χ1) is 18.4. The van der Waals surface area contributed by atoms with Gasteiger partial charge in [-0.1, -0.05) is 35.3 Å². The maximum atomic E-state index is 13.4. The molecule has 0 bridgehead atoms. The molecule has 2 heterocycles. The zero-order valence-corrected chi connectivity index (χ0v) is 21.2. The lowest BCUT2D eigenvalue weighted by atomic mass is 10.2. The van der Waals surface area contributed by atoms with Crippen LogP contribution in [0.2, 0.25) is 10.0 Å². The number of aromatic nitrogens is 2. The molecule has 5 aromatic rings. The summed E-state index contributed by atoms with van der Waals surface area (Å²) < 4.78 is 12.1. The van der Waals surface area contributed by atoms with Crippen molar-refractivity contribution in [2.24, 2.45) is 0 Å². The number of benzene rings is 3. The Morgan fingerprint density at radius 3 is 2.47 bits per heavy atom. The van der Waals surface area contributed by atoms with Crippen LogP contribution in [-0.4, -0.2) is 21.4 Å². The highest BCUT2D eigenvalue weighted by molar-refractivity contribution is 6.42. The van der Waals surface area contributed by atoms with Gasteiger partial charge in [0.05, 0.1) is 45.6 Å². The zero-order valence-electron chi connectivity index (χ0n) is 19.7. The van der Waals surface area contributed by atoms with Crippen LogP contribution < -0.4 is 15.2 Å². The first-order valence-electron chi connectivity index (χ1n) is 11.4. The van der Waals surface area contributed by atoms with Crippen molar-refractivity contribution in [3.8, 4) is 5.75 Å². The lowest BCUT2D eigenvalue weighted by molar-refractivity contribution is -0.119. The highest BCUT2D eigenvalue weighted by Crippen LogP contribution is 2.25. The largest absolute Gasteiger partial charge is 0.467 e. The van der Waals surface area contributed by atoms with E-state index < -0.39 is 5.97 Å². The zero-order chi connectivity index (χ0) is 26.6. The van der Waals surface area contributed by atoms with Crippen molar-refractivity contribution in [3.05, 3.63) is 123 Å². The van der Waals surface area contributed by atoms with E-state index in [-0.39, 0.29) is 40.9 Å². The van der Waals surface area contributed by atoms with Crippen molar-refractivity contribution in [2.45, 2.75) is 13.1 Å². The Kier molecular flexibility index (Phi) is 7.26. The van der Waals surface area contributed by atoms with E-state index in [0.29, 0.717) is 27.4 Å². The van der Waals surface area contributed by atoms with E-state index in [2.05, 4.69) is 4.98 Å². The van der Waals surface area contributed by atoms with Gasteiger partial charge in [-0.2, -0.15) is 0 Å². The molecule has 0 atom stereocenters. The van der Waals surface area contributed by atoms with E-state index in [1.807, 2.05) is 0 Å². The number of halogens is 2. The molecule has 3 aromatic carbocycles. The SMILES string of the molecule is O=C(Oc1ccc(N(Cc2ccco2)C(=O)Cn2cnc3ccccc3c2=O)cc1)c1ccc(Cl)c(Cl)c1. The van der Waals surface area contributed by atoms with Crippen LogP contribution in [0.1, 0.15) is 16.1 Å². The fourth-order valence-corrected chi connectivity index (χ4v) is 4.11. The number of carbonyl (C=O) groups is 2. The standard InChI is InChI=1S/C28H19Cl2N3O5/c29-23-12-7-18(14-24(23)30)28(36)38-20-10-8-19(9-11-20)33(15-21-4-3-13-37-21)26(34)16-32-17-31-25-6-2-1-5-22(25)27(32)35/h1-14,17H,15-16H2. The molecule has 1 amide bonds. The van der Waals surface area contributed by atoms with Crippen molar-refractivity contribution in [1.29, 1.82) is 0 Å². The monoisotopic (exact) mass is 547 g/mol. The van der Waals surface area contributed by atoms with Gasteiger partial charge in [-0.15, -0.1) is 0 Å². The normalized spacial score (nSPS) is 10.9. The summed E-state index contributed by atoms with van der Waals surface area (Å²) in [7, 11) is 0. The van der Waals surface area contributed by atoms with Gasteiger partial charge in [-0.05, 0) is 66.7 Å². The lowest BCUT2D eigenvalue weighted by Gasteiger charge is -2.22. The van der Waals surface area contributed by atoms with Crippen LogP contribution in [0.25, 0.3) is 10.9 Å². The number of nitrogens with zero attached hydrogens (tertiary/aromatic N) is 3. The second-order valence-electron chi connectivity index (χ2n) is 8.27. The summed E-state index contributed by atoms with van der Waals surface area (Å²) in [6.45, 7) is -0.102. The number of esters is 1. The van der Waals surface area contributed by atoms with Crippen LogP contribution in [0.5, 0.6) is 5.75 Å². The Bertz CT molecular complexity index is 1680. The van der Waals surface area contributed by atoms with Gasteiger partial charge in [-0.3, -0.25) is 14.2 Å². The molecule has 0 saturated heterocycles. The summed E-state index contributed by atoms with van der Waals surface area (Å²) in [6, 6.07) is 21.3. The number of para-hydroxylation sites is 1. The number of fused-ring (bicyclic) bond motifs is 1. The van der Waals surface area contributed by atoms with Crippen molar-refractivity contribution in [2.75, 3.05) is 4.90 Å². The minimum atomic E-state index is -0.608. The van der Waals surface area contributed by atoms with E-state index in [0.717, 1.165) is 0 Å². The molecule has 0 N–H and O–H groups in total. The average Bonchev–Trinajstić information content (AvgIpc) is 3.44. The molecule has 190 valence electrons. The third kappa shape index (κ3) is 5.46. The Morgan fingerprint density at radius 2 is 1.74 bits per heavy atom. The van der Waals surface area contributed by atoms with Crippen LogP contribution in [0.4, 0.5) is 5.69 Å². The first kappa shape index (κ1) is 25.3. The molecule has 38 heavy (non-hydrogen) atoms. The summed E-state index contributed by atoms with van der Waals surface area (Å²) in [6.07, 6.45) is 2.88. The molecule has 8 nitrogen and oxygen atoms in total. The number of furan rings is 1. The van der Waals surface area contributed by atoms with Crippen LogP contribution in [0, 0.1) is 0 Å². The van der Waals surface area contributed by atoms with Crippen LogP contribution in [0.15, 0.2) is 101 Å². The van der Waals surface area contributed by atoms with Gasteiger partial charge in [0.2, 0.25) is 5.91 Å². The molecular weight excluding hydrogens is 529 g/mol. The molecule has 0 unspecified atom stereocenters. The fourth-order valence-electron chi connectivity index (χ4n) is 3.81. The molecule has 0 radical (unpaired) electrons. The maximum absolute atomic E-state index is 13.4. The molecule has 0 fully saturated rings. The quantitative estimate of drug-likeness (QED) is 0.190. The van der Waals surface area contributed by atoms with Gasteiger partial charge in [0.15, 0.2) is 0 Å². The third-order valence-corrected chi connectivity index (χ3v) is 6.49. The summed E-state index contributed by atoms with van der Waals surface area (Å²) >= 11 is 11.9. The Labute approximate surface area is 226 Å². The van der Waals surface area contributed by atoms with Gasteiger partial charge in [0.1, 0.15) is 18.1 Å². The summed E-state index contributed by atoms with van der Waals surface area (Å²) in [5.74, 6) is -0.147. The van der Waals surface area contributed by atoms with Crippen molar-refractivity contribution in [1.82, 2.24) is 9.55 Å². The molecular formula is C28H19Cl2N3O5. The van der Waals surface area contributed by atoms with Gasteiger partial charge < -0.3 is 14.1 Å². The number of hydrogen-bond donors (Lipinski definition) is 0. The number of hydrogen-bond acceptors (Lipinski definition) is 6. The minimum absolute atomic E-state index is 0.129. The molecule has 0 aliphatic carbocycles. The van der Waals surface area contributed by atoms with E-state index >= 15 is 0 Å². The van der Waals surface area contributed by atoms with Gasteiger partial charge in [0, 0.05) is 5.69 Å². The predicted octanol–water partition coefficient (Wildman–Crippen LogP) is 5.75. The molecule has 10 heteroatoms. The van der Waals surface area contributed by atoms with Crippen LogP contribution in [-0.2, 0) is 17.9 Å². The average molecular weight is 548 g/mol. The highest BCUT2D eigenvalue weighted by Gasteiger charge is 2.20. The molecule has 2 aromatic heterocycles. The summed E-state index contributed by atoms with van der Waals surface area (Å²) in [5.41, 5.74) is 1.00.